The smallest absolute Gasteiger partial charge is 0.330 e. The van der Waals surface area contributed by atoms with Crippen molar-refractivity contribution in [1.29, 1.82) is 0 Å². The molecule has 0 aromatic heterocycles. The van der Waals surface area contributed by atoms with Gasteiger partial charge in [-0.2, -0.15) is 0 Å². The SMILES string of the molecule is C=C(C)C(N)=O.C=CC(=O)OCCN(C)C. The zero-order valence-electron chi connectivity index (χ0n) is 10.2. The fourth-order valence-electron chi connectivity index (χ4n) is 0.388. The van der Waals surface area contributed by atoms with Gasteiger partial charge in [0.2, 0.25) is 5.91 Å². The highest BCUT2D eigenvalue weighted by Crippen LogP contribution is 1.80. The third-order valence-corrected chi connectivity index (χ3v) is 1.37. The summed E-state index contributed by atoms with van der Waals surface area (Å²) < 4.78 is 4.70. The Kier molecular flexibility index (Phi) is 10.4. The Bertz CT molecular complexity index is 248. The molecule has 0 saturated heterocycles. The number of hydrogen-bond donors (Lipinski definition) is 1. The Labute approximate surface area is 96.6 Å². The van der Waals surface area contributed by atoms with E-state index in [0.717, 1.165) is 12.6 Å². The number of nitrogens with two attached hydrogens (primary N) is 1. The van der Waals surface area contributed by atoms with Crippen molar-refractivity contribution in [1.82, 2.24) is 4.90 Å². The van der Waals surface area contributed by atoms with E-state index in [1.165, 1.54) is 0 Å². The number of ether oxygens (including phenoxy) is 1. The Morgan fingerprint density at radius 1 is 1.44 bits per heavy atom. The van der Waals surface area contributed by atoms with Gasteiger partial charge in [0.25, 0.3) is 0 Å². The molecule has 0 aromatic carbocycles. The Morgan fingerprint density at radius 3 is 2.12 bits per heavy atom. The number of likely N-dealkylation sites (N-methyl/N-ethyl adjacent to an activating group) is 1. The Hall–Kier alpha value is -1.62. The van der Waals surface area contributed by atoms with Crippen LogP contribution in [-0.4, -0.2) is 44.0 Å². The summed E-state index contributed by atoms with van der Waals surface area (Å²) in [5, 5.41) is 0. The summed E-state index contributed by atoms with van der Waals surface area (Å²) in [6, 6.07) is 0. The molecule has 5 nitrogen and oxygen atoms in total. The van der Waals surface area contributed by atoms with Gasteiger partial charge in [0.05, 0.1) is 0 Å². The molecule has 0 rings (SSSR count). The van der Waals surface area contributed by atoms with Gasteiger partial charge in [-0.25, -0.2) is 4.79 Å². The first kappa shape index (κ1) is 16.8. The van der Waals surface area contributed by atoms with Crippen molar-refractivity contribution in [2.45, 2.75) is 6.92 Å². The average Bonchev–Trinajstić information content (AvgIpc) is 2.17. The molecular formula is C11H20N2O3. The molecule has 2 N–H and O–H groups in total. The van der Waals surface area contributed by atoms with Crippen LogP contribution in [0, 0.1) is 0 Å². The lowest BCUT2D eigenvalue weighted by atomic mass is 10.3. The third-order valence-electron chi connectivity index (χ3n) is 1.37. The van der Waals surface area contributed by atoms with Crippen molar-refractivity contribution < 1.29 is 14.3 Å². The predicted molar refractivity (Wildman–Crippen MR) is 63.7 cm³/mol. The minimum Gasteiger partial charge on any atom is -0.461 e. The second-order valence-electron chi connectivity index (χ2n) is 3.32. The summed E-state index contributed by atoms with van der Waals surface area (Å²) in [5.74, 6) is -0.795. The van der Waals surface area contributed by atoms with Crippen LogP contribution in [0.4, 0.5) is 0 Å². The Morgan fingerprint density at radius 2 is 1.88 bits per heavy atom. The van der Waals surface area contributed by atoms with E-state index in [-0.39, 0.29) is 5.97 Å². The summed E-state index contributed by atoms with van der Waals surface area (Å²) in [5.41, 5.74) is 5.09. The highest BCUT2D eigenvalue weighted by Gasteiger charge is 1.94. The summed E-state index contributed by atoms with van der Waals surface area (Å²) >= 11 is 0. The maximum absolute atomic E-state index is 10.4. The molecule has 0 aliphatic carbocycles. The highest BCUT2D eigenvalue weighted by molar-refractivity contribution is 5.90. The standard InChI is InChI=1S/C7H13NO2.C4H7NO/c1-4-7(9)10-6-5-8(2)3;1-3(2)4(5)6/h4H,1,5-6H2,2-3H3;1H2,2H3,(H2,5,6). The summed E-state index contributed by atoms with van der Waals surface area (Å²) in [6.45, 7) is 9.30. The zero-order valence-corrected chi connectivity index (χ0v) is 10.2. The van der Waals surface area contributed by atoms with Gasteiger partial charge < -0.3 is 15.4 Å². The largest absolute Gasteiger partial charge is 0.461 e. The van der Waals surface area contributed by atoms with E-state index < -0.39 is 5.91 Å². The van der Waals surface area contributed by atoms with Crippen molar-refractivity contribution in [2.75, 3.05) is 27.2 Å². The number of primary amides is 1. The molecule has 0 fully saturated rings. The first-order valence-corrected chi connectivity index (χ1v) is 4.70. The molecule has 0 unspecified atom stereocenters. The first-order chi connectivity index (χ1) is 7.31. The van der Waals surface area contributed by atoms with Gasteiger partial charge in [-0.15, -0.1) is 0 Å². The molecule has 1 amide bonds. The quantitative estimate of drug-likeness (QED) is 0.543. The van der Waals surface area contributed by atoms with Gasteiger partial charge in [0, 0.05) is 18.2 Å². The predicted octanol–water partition coefficient (Wildman–Crippen LogP) is 0.325. The maximum atomic E-state index is 10.4. The van der Waals surface area contributed by atoms with Gasteiger partial charge in [-0.3, -0.25) is 4.79 Å². The minimum absolute atomic E-state index is 0.359. The number of rotatable bonds is 5. The van der Waals surface area contributed by atoms with Gasteiger partial charge >= 0.3 is 5.97 Å². The molecule has 0 aromatic rings. The van der Waals surface area contributed by atoms with Crippen LogP contribution in [0.1, 0.15) is 6.92 Å². The molecule has 0 radical (unpaired) electrons. The third kappa shape index (κ3) is 14.9. The molecule has 5 heteroatoms. The molecule has 0 spiro atoms. The minimum atomic E-state index is -0.435. The molecule has 0 bridgehead atoms. The van der Waals surface area contributed by atoms with Crippen LogP contribution in [0.15, 0.2) is 24.8 Å². The average molecular weight is 228 g/mol. The number of esters is 1. The molecular weight excluding hydrogens is 208 g/mol. The van der Waals surface area contributed by atoms with E-state index in [4.69, 9.17) is 10.5 Å². The van der Waals surface area contributed by atoms with Crippen molar-refractivity contribution in [3.05, 3.63) is 24.8 Å². The molecule has 0 heterocycles. The van der Waals surface area contributed by atoms with Crippen molar-refractivity contribution >= 4 is 11.9 Å². The number of amides is 1. The van der Waals surface area contributed by atoms with Crippen LogP contribution in [0.3, 0.4) is 0 Å². The fraction of sp³-hybridized carbons (Fsp3) is 0.455. The van der Waals surface area contributed by atoms with Crippen LogP contribution in [0.25, 0.3) is 0 Å². The lowest BCUT2D eigenvalue weighted by molar-refractivity contribution is -0.138. The van der Waals surface area contributed by atoms with Crippen LogP contribution in [-0.2, 0) is 14.3 Å². The van der Waals surface area contributed by atoms with Crippen molar-refractivity contribution in [2.24, 2.45) is 5.73 Å². The van der Waals surface area contributed by atoms with Crippen molar-refractivity contribution in [3.63, 3.8) is 0 Å². The zero-order chi connectivity index (χ0) is 13.1. The number of hydrogen-bond acceptors (Lipinski definition) is 4. The van der Waals surface area contributed by atoms with Crippen LogP contribution in [0.2, 0.25) is 0 Å². The van der Waals surface area contributed by atoms with Crippen LogP contribution < -0.4 is 5.73 Å². The van der Waals surface area contributed by atoms with E-state index >= 15 is 0 Å². The Balaban J connectivity index is 0. The summed E-state index contributed by atoms with van der Waals surface area (Å²) in [6.07, 6.45) is 1.16. The van der Waals surface area contributed by atoms with Crippen LogP contribution >= 0.6 is 0 Å². The second kappa shape index (κ2) is 9.92. The lowest BCUT2D eigenvalue weighted by Gasteiger charge is -2.07. The highest BCUT2D eigenvalue weighted by atomic mass is 16.5. The first-order valence-electron chi connectivity index (χ1n) is 4.70. The maximum Gasteiger partial charge on any atom is 0.330 e. The van der Waals surface area contributed by atoms with Gasteiger partial charge in [-0.05, 0) is 21.0 Å². The fourth-order valence-corrected chi connectivity index (χ4v) is 0.388. The van der Waals surface area contributed by atoms with Crippen LogP contribution in [0.5, 0.6) is 0 Å². The molecule has 0 saturated carbocycles. The van der Waals surface area contributed by atoms with Gasteiger partial charge in [0.1, 0.15) is 6.61 Å². The van der Waals surface area contributed by atoms with Crippen molar-refractivity contribution in [3.8, 4) is 0 Å². The van der Waals surface area contributed by atoms with E-state index in [0.29, 0.717) is 12.2 Å². The van der Waals surface area contributed by atoms with E-state index in [9.17, 15) is 9.59 Å². The van der Waals surface area contributed by atoms with E-state index in [1.807, 2.05) is 19.0 Å². The normalized spacial score (nSPS) is 8.75. The van der Waals surface area contributed by atoms with Gasteiger partial charge in [-0.1, -0.05) is 13.2 Å². The number of nitrogens with zero attached hydrogens (tertiary/aromatic N) is 1. The monoisotopic (exact) mass is 228 g/mol. The number of carbonyl (C=O) groups excluding carboxylic acids is 2. The number of carbonyl (C=O) groups is 2. The topological polar surface area (TPSA) is 72.6 Å². The van der Waals surface area contributed by atoms with E-state index in [1.54, 1.807) is 6.92 Å². The van der Waals surface area contributed by atoms with Gasteiger partial charge in [0.15, 0.2) is 0 Å². The second-order valence-corrected chi connectivity index (χ2v) is 3.32. The summed E-state index contributed by atoms with van der Waals surface area (Å²) in [4.78, 5) is 22.2. The molecule has 0 aliphatic heterocycles. The summed E-state index contributed by atoms with van der Waals surface area (Å²) in [7, 11) is 3.84. The molecule has 92 valence electrons. The molecule has 0 aliphatic rings. The van der Waals surface area contributed by atoms with E-state index in [2.05, 4.69) is 13.2 Å². The lowest BCUT2D eigenvalue weighted by Crippen LogP contribution is -2.19. The molecule has 0 atom stereocenters. The molecule has 16 heavy (non-hydrogen) atoms.